The zero-order valence-corrected chi connectivity index (χ0v) is 20.1. The third-order valence-corrected chi connectivity index (χ3v) is 5.55. The lowest BCUT2D eigenvalue weighted by atomic mass is 10.1. The van der Waals surface area contributed by atoms with Crippen LogP contribution in [0.3, 0.4) is 0 Å². The highest BCUT2D eigenvalue weighted by Gasteiger charge is 2.14. The predicted octanol–water partition coefficient (Wildman–Crippen LogP) is 4.66. The first kappa shape index (κ1) is 24.0. The highest BCUT2D eigenvalue weighted by atomic mass is 35.5. The van der Waals surface area contributed by atoms with Crippen molar-refractivity contribution >= 4 is 35.3 Å². The maximum absolute atomic E-state index is 12.7. The third kappa shape index (κ3) is 6.24. The molecule has 0 fully saturated rings. The van der Waals surface area contributed by atoms with Crippen molar-refractivity contribution in [2.75, 3.05) is 18.9 Å². The minimum atomic E-state index is -0.375. The van der Waals surface area contributed by atoms with E-state index in [1.807, 2.05) is 60.8 Å². The molecule has 2 amide bonds. The summed E-state index contributed by atoms with van der Waals surface area (Å²) in [6.45, 7) is 2.08. The number of aromatic nitrogens is 3. The number of aryl methyl sites for hydroxylation is 1. The number of amides is 2. The molecular formula is C26H24ClN5O3. The van der Waals surface area contributed by atoms with E-state index in [0.717, 1.165) is 22.4 Å². The van der Waals surface area contributed by atoms with Crippen molar-refractivity contribution in [3.8, 4) is 11.3 Å². The lowest BCUT2D eigenvalue weighted by Gasteiger charge is -2.13. The van der Waals surface area contributed by atoms with Crippen molar-refractivity contribution < 1.29 is 14.1 Å². The number of hydrogen-bond acceptors (Lipinski definition) is 5. The van der Waals surface area contributed by atoms with E-state index in [1.54, 1.807) is 30.8 Å². The number of nitrogens with zero attached hydrogens (tertiary/aromatic N) is 4. The number of carbonyl (C=O) groups is 2. The predicted molar refractivity (Wildman–Crippen MR) is 135 cm³/mol. The quantitative estimate of drug-likeness (QED) is 0.363. The maximum Gasteiger partial charge on any atom is 0.246 e. The Balaban J connectivity index is 1.49. The summed E-state index contributed by atoms with van der Waals surface area (Å²) in [4.78, 5) is 26.2. The van der Waals surface area contributed by atoms with E-state index in [1.165, 1.54) is 11.0 Å². The van der Waals surface area contributed by atoms with Gasteiger partial charge in [-0.3, -0.25) is 14.3 Å². The molecule has 4 rings (SSSR count). The number of carbonyl (C=O) groups excluding carboxylic acids is 2. The number of nitrogens with one attached hydrogen (secondary N) is 1. The summed E-state index contributed by atoms with van der Waals surface area (Å²) in [6, 6.07) is 18.9. The van der Waals surface area contributed by atoms with Gasteiger partial charge in [-0.05, 0) is 24.6 Å². The highest BCUT2D eigenvalue weighted by Crippen LogP contribution is 2.24. The zero-order valence-electron chi connectivity index (χ0n) is 19.3. The fraction of sp³-hybridized carbons (Fsp3) is 0.154. The number of hydrogen-bond donors (Lipinski definition) is 1. The van der Waals surface area contributed by atoms with E-state index in [0.29, 0.717) is 23.1 Å². The van der Waals surface area contributed by atoms with Crippen LogP contribution in [0.2, 0.25) is 5.02 Å². The van der Waals surface area contributed by atoms with Gasteiger partial charge >= 0.3 is 0 Å². The summed E-state index contributed by atoms with van der Waals surface area (Å²) in [5.41, 5.74) is 3.38. The van der Waals surface area contributed by atoms with Crippen LogP contribution in [-0.2, 0) is 16.1 Å². The normalized spacial score (nSPS) is 11.1. The minimum Gasteiger partial charge on any atom is -0.360 e. The summed E-state index contributed by atoms with van der Waals surface area (Å²) >= 11 is 6.32. The Morgan fingerprint density at radius 3 is 2.60 bits per heavy atom. The lowest BCUT2D eigenvalue weighted by Crippen LogP contribution is -2.33. The molecule has 0 aliphatic carbocycles. The Hall–Kier alpha value is -4.17. The highest BCUT2D eigenvalue weighted by molar-refractivity contribution is 6.31. The number of anilines is 1. The minimum absolute atomic E-state index is 0.133. The second-order valence-electron chi connectivity index (χ2n) is 7.99. The molecule has 0 aliphatic rings. The van der Waals surface area contributed by atoms with Gasteiger partial charge < -0.3 is 14.7 Å². The van der Waals surface area contributed by atoms with Gasteiger partial charge in [-0.25, -0.2) is 0 Å². The van der Waals surface area contributed by atoms with Crippen molar-refractivity contribution in [2.24, 2.45) is 0 Å². The molecule has 2 aromatic heterocycles. The SMILES string of the molecule is Cc1cc(NC(=O)CN(C)C(=O)/C=C/c2cn(Cc3ccccc3Cl)nc2-c2ccccc2)no1. The molecule has 0 saturated heterocycles. The Kier molecular flexibility index (Phi) is 7.42. The summed E-state index contributed by atoms with van der Waals surface area (Å²) in [6.07, 6.45) is 5.00. The molecule has 1 N–H and O–H groups in total. The smallest absolute Gasteiger partial charge is 0.246 e. The summed E-state index contributed by atoms with van der Waals surface area (Å²) in [7, 11) is 1.55. The molecule has 0 radical (unpaired) electrons. The molecule has 8 nitrogen and oxygen atoms in total. The van der Waals surface area contributed by atoms with Crippen molar-refractivity contribution in [2.45, 2.75) is 13.5 Å². The molecule has 178 valence electrons. The number of halogens is 1. The molecule has 0 unspecified atom stereocenters. The second-order valence-corrected chi connectivity index (χ2v) is 8.39. The molecule has 2 aromatic carbocycles. The Morgan fingerprint density at radius 2 is 1.89 bits per heavy atom. The van der Waals surface area contributed by atoms with E-state index >= 15 is 0 Å². The first-order valence-electron chi connectivity index (χ1n) is 10.9. The van der Waals surface area contributed by atoms with Crippen molar-refractivity contribution in [1.82, 2.24) is 19.8 Å². The molecule has 2 heterocycles. The Labute approximate surface area is 207 Å². The van der Waals surface area contributed by atoms with Gasteiger partial charge in [0.2, 0.25) is 11.8 Å². The molecule has 9 heteroatoms. The molecule has 35 heavy (non-hydrogen) atoms. The number of rotatable bonds is 8. The van der Waals surface area contributed by atoms with Crippen LogP contribution >= 0.6 is 11.6 Å². The topological polar surface area (TPSA) is 93.3 Å². The average molecular weight is 490 g/mol. The van der Waals surface area contributed by atoms with Gasteiger partial charge in [-0.15, -0.1) is 0 Å². The number of benzene rings is 2. The summed E-state index contributed by atoms with van der Waals surface area (Å²) in [5.74, 6) is 0.189. The molecule has 0 bridgehead atoms. The van der Waals surface area contributed by atoms with Crippen LogP contribution in [0.4, 0.5) is 5.82 Å². The first-order chi connectivity index (χ1) is 16.9. The van der Waals surface area contributed by atoms with Gasteiger partial charge in [0.1, 0.15) is 5.76 Å². The van der Waals surface area contributed by atoms with Crippen LogP contribution < -0.4 is 5.32 Å². The van der Waals surface area contributed by atoms with E-state index in [-0.39, 0.29) is 18.4 Å². The molecule has 0 atom stereocenters. The van der Waals surface area contributed by atoms with E-state index < -0.39 is 0 Å². The molecule has 0 spiro atoms. The van der Waals surface area contributed by atoms with Gasteiger partial charge in [0.25, 0.3) is 0 Å². The van der Waals surface area contributed by atoms with Crippen molar-refractivity contribution in [1.29, 1.82) is 0 Å². The average Bonchev–Trinajstić information content (AvgIpc) is 3.44. The van der Waals surface area contributed by atoms with Crippen LogP contribution in [0, 0.1) is 6.92 Å². The Bertz CT molecular complexity index is 1360. The lowest BCUT2D eigenvalue weighted by molar-refractivity contribution is -0.129. The van der Waals surface area contributed by atoms with Crippen LogP contribution in [0.5, 0.6) is 0 Å². The van der Waals surface area contributed by atoms with Crippen LogP contribution in [0.25, 0.3) is 17.3 Å². The van der Waals surface area contributed by atoms with E-state index in [4.69, 9.17) is 21.2 Å². The zero-order chi connectivity index (χ0) is 24.8. The molecular weight excluding hydrogens is 466 g/mol. The third-order valence-electron chi connectivity index (χ3n) is 5.19. The summed E-state index contributed by atoms with van der Waals surface area (Å²) in [5, 5.41) is 11.7. The van der Waals surface area contributed by atoms with Gasteiger partial charge in [0.05, 0.1) is 18.8 Å². The largest absolute Gasteiger partial charge is 0.360 e. The van der Waals surface area contributed by atoms with Crippen LogP contribution in [0.15, 0.2) is 77.5 Å². The fourth-order valence-corrected chi connectivity index (χ4v) is 3.65. The van der Waals surface area contributed by atoms with Crippen molar-refractivity contribution in [3.05, 3.63) is 94.8 Å². The molecule has 0 saturated carbocycles. The molecule has 0 aliphatic heterocycles. The fourth-order valence-electron chi connectivity index (χ4n) is 3.45. The van der Waals surface area contributed by atoms with E-state index in [2.05, 4.69) is 10.5 Å². The van der Waals surface area contributed by atoms with Crippen molar-refractivity contribution in [3.63, 3.8) is 0 Å². The monoisotopic (exact) mass is 489 g/mol. The van der Waals surface area contributed by atoms with Gasteiger partial charge in [0.15, 0.2) is 5.82 Å². The first-order valence-corrected chi connectivity index (χ1v) is 11.3. The van der Waals surface area contributed by atoms with Crippen LogP contribution in [-0.4, -0.2) is 45.2 Å². The van der Waals surface area contributed by atoms with E-state index in [9.17, 15) is 9.59 Å². The Morgan fingerprint density at radius 1 is 1.14 bits per heavy atom. The van der Waals surface area contributed by atoms with Gasteiger partial charge in [-0.1, -0.05) is 65.3 Å². The van der Waals surface area contributed by atoms with Gasteiger partial charge in [-0.2, -0.15) is 5.10 Å². The van der Waals surface area contributed by atoms with Gasteiger partial charge in [0, 0.05) is 41.5 Å². The second kappa shape index (κ2) is 10.8. The molecule has 4 aromatic rings. The standard InChI is InChI=1S/C26H24ClN5O3/c1-18-14-23(30-35-18)28-24(33)17-31(2)25(34)13-12-21-16-32(15-20-10-6-7-11-22(20)27)29-26(21)19-8-4-3-5-9-19/h3-14,16H,15,17H2,1-2H3,(H,28,30,33)/b13-12+. The summed E-state index contributed by atoms with van der Waals surface area (Å²) < 4.78 is 6.72. The van der Waals surface area contributed by atoms with Crippen LogP contribution in [0.1, 0.15) is 16.9 Å². The number of likely N-dealkylation sites (N-methyl/N-ethyl adjacent to an activating group) is 1. The maximum atomic E-state index is 12.7.